The molecule has 0 spiro atoms. The molecule has 0 amide bonds. The summed E-state index contributed by atoms with van der Waals surface area (Å²) in [4.78, 5) is 0.103. The van der Waals surface area contributed by atoms with Crippen LogP contribution in [-0.2, 0) is 16.6 Å². The van der Waals surface area contributed by atoms with E-state index >= 15 is 0 Å². The smallest absolute Gasteiger partial charge is 0.241 e. The fourth-order valence-corrected chi connectivity index (χ4v) is 2.27. The van der Waals surface area contributed by atoms with Gasteiger partial charge in [0.05, 0.1) is 11.4 Å². The van der Waals surface area contributed by atoms with Crippen LogP contribution < -0.4 is 10.5 Å². The van der Waals surface area contributed by atoms with Crippen LogP contribution in [0.2, 0.25) is 0 Å². The van der Waals surface area contributed by atoms with Gasteiger partial charge in [0, 0.05) is 6.54 Å². The molecule has 1 aromatic heterocycles. The number of sulfonamides is 1. The third-order valence-electron chi connectivity index (χ3n) is 1.97. The van der Waals surface area contributed by atoms with Gasteiger partial charge in [-0.25, -0.2) is 13.6 Å². The Morgan fingerprint density at radius 1 is 1.53 bits per heavy atom. The van der Waals surface area contributed by atoms with E-state index in [9.17, 15) is 8.42 Å². The highest BCUT2D eigenvalue weighted by molar-refractivity contribution is 7.89. The molecule has 0 fully saturated rings. The van der Waals surface area contributed by atoms with Gasteiger partial charge >= 0.3 is 0 Å². The van der Waals surface area contributed by atoms with Gasteiger partial charge in [-0.15, -0.1) is 0 Å². The van der Waals surface area contributed by atoms with Crippen LogP contribution in [0, 0.1) is 6.92 Å². The molecule has 0 aromatic carbocycles. The third-order valence-corrected chi connectivity index (χ3v) is 3.08. The summed E-state index contributed by atoms with van der Waals surface area (Å²) in [6.45, 7) is 4.89. The molecule has 0 aliphatic rings. The lowest BCUT2D eigenvalue weighted by atomic mass is 10.3. The van der Waals surface area contributed by atoms with Gasteiger partial charge in [0.1, 0.15) is 4.90 Å². The molecular formula is C8H16N4O2S. The number of H-pyrrole nitrogens is 1. The van der Waals surface area contributed by atoms with Gasteiger partial charge in [0.25, 0.3) is 0 Å². The zero-order chi connectivity index (χ0) is 11.5. The Labute approximate surface area is 89.3 Å². The zero-order valence-electron chi connectivity index (χ0n) is 8.87. The van der Waals surface area contributed by atoms with E-state index in [1.165, 1.54) is 0 Å². The van der Waals surface area contributed by atoms with Crippen LogP contribution in [0.3, 0.4) is 0 Å². The lowest BCUT2D eigenvalue weighted by Gasteiger charge is -2.02. The first-order valence-corrected chi connectivity index (χ1v) is 6.28. The molecule has 0 aliphatic heterocycles. The highest BCUT2D eigenvalue weighted by Crippen LogP contribution is 2.15. The molecule has 86 valence electrons. The normalized spacial score (nSPS) is 11.9. The van der Waals surface area contributed by atoms with Crippen molar-refractivity contribution < 1.29 is 8.42 Å². The first kappa shape index (κ1) is 12.2. The number of nitrogens with one attached hydrogen (secondary N) is 2. The molecular weight excluding hydrogens is 216 g/mol. The fourth-order valence-electron chi connectivity index (χ4n) is 1.35. The second-order valence-electron chi connectivity index (χ2n) is 3.35. The summed E-state index contributed by atoms with van der Waals surface area (Å²) < 4.78 is 22.5. The summed E-state index contributed by atoms with van der Waals surface area (Å²) in [5.41, 5.74) is 0.925. The van der Waals surface area contributed by atoms with E-state index in [2.05, 4.69) is 15.5 Å². The van der Waals surface area contributed by atoms with E-state index < -0.39 is 10.0 Å². The number of hydrogen-bond donors (Lipinski definition) is 3. The van der Waals surface area contributed by atoms with E-state index in [1.807, 2.05) is 6.92 Å². The number of aromatic amines is 1. The monoisotopic (exact) mass is 232 g/mol. The van der Waals surface area contributed by atoms with E-state index in [1.54, 1.807) is 6.92 Å². The molecule has 7 heteroatoms. The zero-order valence-corrected chi connectivity index (χ0v) is 9.69. The SMILES string of the molecule is CCCNCc1n[nH]c(C)c1S(N)(=O)=O. The van der Waals surface area contributed by atoms with Crippen molar-refractivity contribution in [3.05, 3.63) is 11.4 Å². The van der Waals surface area contributed by atoms with Crippen molar-refractivity contribution in [1.82, 2.24) is 15.5 Å². The van der Waals surface area contributed by atoms with Crippen molar-refractivity contribution in [2.75, 3.05) is 6.54 Å². The molecule has 1 heterocycles. The Morgan fingerprint density at radius 3 is 2.73 bits per heavy atom. The summed E-state index contributed by atoms with van der Waals surface area (Å²) in [6, 6.07) is 0. The number of rotatable bonds is 5. The van der Waals surface area contributed by atoms with Gasteiger partial charge < -0.3 is 5.32 Å². The van der Waals surface area contributed by atoms with Crippen LogP contribution in [0.25, 0.3) is 0 Å². The Balaban J connectivity index is 2.90. The fraction of sp³-hybridized carbons (Fsp3) is 0.625. The van der Waals surface area contributed by atoms with Crippen LogP contribution >= 0.6 is 0 Å². The second kappa shape index (κ2) is 4.73. The van der Waals surface area contributed by atoms with Crippen molar-refractivity contribution in [3.8, 4) is 0 Å². The molecule has 1 aromatic rings. The highest BCUT2D eigenvalue weighted by Gasteiger charge is 2.19. The van der Waals surface area contributed by atoms with Crippen LogP contribution in [0.1, 0.15) is 24.7 Å². The maximum atomic E-state index is 11.3. The number of aromatic nitrogens is 2. The van der Waals surface area contributed by atoms with Crippen molar-refractivity contribution in [3.63, 3.8) is 0 Å². The maximum Gasteiger partial charge on any atom is 0.241 e. The molecule has 0 saturated carbocycles. The Morgan fingerprint density at radius 2 is 2.20 bits per heavy atom. The average molecular weight is 232 g/mol. The van der Waals surface area contributed by atoms with Crippen molar-refractivity contribution in [2.45, 2.75) is 31.7 Å². The molecule has 1 rings (SSSR count). The van der Waals surface area contributed by atoms with E-state index in [0.717, 1.165) is 13.0 Å². The molecule has 0 bridgehead atoms. The summed E-state index contributed by atoms with van der Waals surface area (Å²) in [6.07, 6.45) is 0.980. The first-order valence-electron chi connectivity index (χ1n) is 4.74. The molecule has 0 radical (unpaired) electrons. The molecule has 4 N–H and O–H groups in total. The average Bonchev–Trinajstić information content (AvgIpc) is 2.47. The van der Waals surface area contributed by atoms with Crippen LogP contribution in [0.5, 0.6) is 0 Å². The van der Waals surface area contributed by atoms with Crippen LogP contribution in [0.4, 0.5) is 0 Å². The van der Waals surface area contributed by atoms with Gasteiger partial charge in [0.15, 0.2) is 0 Å². The Bertz CT molecular complexity index is 424. The van der Waals surface area contributed by atoms with Crippen LogP contribution in [-0.4, -0.2) is 25.2 Å². The van der Waals surface area contributed by atoms with Gasteiger partial charge in [-0.3, -0.25) is 5.10 Å². The molecule has 15 heavy (non-hydrogen) atoms. The number of nitrogens with zero attached hydrogens (tertiary/aromatic N) is 1. The summed E-state index contributed by atoms with van der Waals surface area (Å²) in [5, 5.41) is 14.7. The largest absolute Gasteiger partial charge is 0.311 e. The van der Waals surface area contributed by atoms with E-state index in [4.69, 9.17) is 5.14 Å². The van der Waals surface area contributed by atoms with E-state index in [0.29, 0.717) is 17.9 Å². The third kappa shape index (κ3) is 3.01. The van der Waals surface area contributed by atoms with E-state index in [-0.39, 0.29) is 4.90 Å². The number of hydrogen-bond acceptors (Lipinski definition) is 4. The molecule has 6 nitrogen and oxygen atoms in total. The lowest BCUT2D eigenvalue weighted by molar-refractivity contribution is 0.593. The Kier molecular flexibility index (Phi) is 3.83. The molecule has 0 unspecified atom stereocenters. The molecule has 0 saturated heterocycles. The van der Waals surface area contributed by atoms with Crippen LogP contribution in [0.15, 0.2) is 4.90 Å². The predicted octanol–water partition coefficient (Wildman–Crippen LogP) is -0.135. The maximum absolute atomic E-state index is 11.3. The van der Waals surface area contributed by atoms with Gasteiger partial charge in [-0.2, -0.15) is 5.10 Å². The number of primary sulfonamides is 1. The van der Waals surface area contributed by atoms with Gasteiger partial charge in [0.2, 0.25) is 10.0 Å². The molecule has 0 aliphatic carbocycles. The minimum atomic E-state index is -3.69. The number of nitrogens with two attached hydrogens (primary N) is 1. The van der Waals surface area contributed by atoms with Crippen molar-refractivity contribution in [1.29, 1.82) is 0 Å². The lowest BCUT2D eigenvalue weighted by Crippen LogP contribution is -2.19. The minimum absolute atomic E-state index is 0.103. The summed E-state index contributed by atoms with van der Waals surface area (Å²) in [7, 11) is -3.69. The topological polar surface area (TPSA) is 101 Å². The minimum Gasteiger partial charge on any atom is -0.311 e. The number of aryl methyl sites for hydroxylation is 1. The Hall–Kier alpha value is -0.920. The predicted molar refractivity (Wildman–Crippen MR) is 56.7 cm³/mol. The first-order chi connectivity index (χ1) is 6.96. The quantitative estimate of drug-likeness (QED) is 0.615. The summed E-state index contributed by atoms with van der Waals surface area (Å²) >= 11 is 0. The second-order valence-corrected chi connectivity index (χ2v) is 4.84. The van der Waals surface area contributed by atoms with Gasteiger partial charge in [-0.1, -0.05) is 6.92 Å². The molecule has 0 atom stereocenters. The summed E-state index contributed by atoms with van der Waals surface area (Å²) in [5.74, 6) is 0. The van der Waals surface area contributed by atoms with Gasteiger partial charge in [-0.05, 0) is 19.9 Å². The van der Waals surface area contributed by atoms with Crippen molar-refractivity contribution >= 4 is 10.0 Å². The highest BCUT2D eigenvalue weighted by atomic mass is 32.2. The van der Waals surface area contributed by atoms with Crippen molar-refractivity contribution in [2.24, 2.45) is 5.14 Å². The standard InChI is InChI=1S/C8H16N4O2S/c1-3-4-10-5-7-8(15(9,13)14)6(2)11-12-7/h10H,3-5H2,1-2H3,(H,11,12)(H2,9,13,14).